The van der Waals surface area contributed by atoms with Crippen LogP contribution in [-0.4, -0.2) is 22.9 Å². The van der Waals surface area contributed by atoms with E-state index in [0.717, 1.165) is 0 Å². The van der Waals surface area contributed by atoms with Gasteiger partial charge in [0.25, 0.3) is 0 Å². The topological polar surface area (TPSA) is 80.3 Å². The molecule has 0 aliphatic carbocycles. The molecule has 0 rings (SSSR count). The third-order valence-corrected chi connectivity index (χ3v) is 0. The van der Waals surface area contributed by atoms with E-state index in [2.05, 4.69) is 0 Å². The van der Waals surface area contributed by atoms with Crippen LogP contribution >= 0.6 is 23.2 Å². The quantitative estimate of drug-likeness (QED) is 0.262. The summed E-state index contributed by atoms with van der Waals surface area (Å²) < 4.78 is 34.1. The average Bonchev–Trinajstić information content (AvgIpc) is 1.27. The second-order valence-corrected chi connectivity index (χ2v) is 2.13. The molecule has 0 bridgehead atoms. The van der Waals surface area contributed by atoms with Crippen molar-refractivity contribution in [3.63, 3.8) is 0 Å². The fraction of sp³-hybridized carbons (Fsp3) is 1.00. The Bertz CT molecular complexity index is 113. The Morgan fingerprint density at radius 1 is 1.22 bits per heavy atom. The fourth-order valence-corrected chi connectivity index (χ4v) is 0. The summed E-state index contributed by atoms with van der Waals surface area (Å²) in [5, 5.41) is 0.194. The van der Waals surface area contributed by atoms with Gasteiger partial charge in [0, 0.05) is 10.4 Å². The van der Waals surface area contributed by atoms with E-state index in [1.807, 2.05) is 0 Å². The molecule has 0 heterocycles. The van der Waals surface area contributed by atoms with Gasteiger partial charge in [-0.3, -0.25) is 8.42 Å². The van der Waals surface area contributed by atoms with Gasteiger partial charge in [-0.25, -0.2) is 0 Å². The van der Waals surface area contributed by atoms with Gasteiger partial charge < -0.3 is 9.11 Å². The first kappa shape index (κ1) is 16.5. The zero-order chi connectivity index (χ0) is 7.21. The van der Waals surface area contributed by atoms with Gasteiger partial charge >= 0.3 is 17.1 Å². The SMILES string of the molecule is ClCCl.O=S(=O)([O-])[O-].[Cu+2]. The molecule has 0 aromatic rings. The summed E-state index contributed by atoms with van der Waals surface area (Å²) in [4.78, 5) is 0. The maximum atomic E-state index is 8.52. The minimum absolute atomic E-state index is 0. The standard InChI is InChI=1S/CH2Cl2.Cu.H2O4S/c2-1-3;;1-5(2,3)4/h1H2;;(H2,1,2,3,4)/q;+2;/p-2. The number of halogens is 2. The molecule has 0 aromatic heterocycles. The zero-order valence-electron chi connectivity index (χ0n) is 3.81. The van der Waals surface area contributed by atoms with Gasteiger partial charge in [-0.15, -0.1) is 23.2 Å². The summed E-state index contributed by atoms with van der Waals surface area (Å²) in [7, 11) is -5.17. The van der Waals surface area contributed by atoms with Crippen molar-refractivity contribution < 1.29 is 34.6 Å². The van der Waals surface area contributed by atoms with Crippen molar-refractivity contribution >= 4 is 33.6 Å². The van der Waals surface area contributed by atoms with Crippen LogP contribution in [0.25, 0.3) is 0 Å². The number of hydrogen-bond donors (Lipinski definition) is 0. The van der Waals surface area contributed by atoms with Gasteiger partial charge in [0.15, 0.2) is 0 Å². The van der Waals surface area contributed by atoms with E-state index >= 15 is 0 Å². The van der Waals surface area contributed by atoms with Crippen LogP contribution in [0.15, 0.2) is 0 Å². The van der Waals surface area contributed by atoms with E-state index in [1.54, 1.807) is 0 Å². The molecule has 0 fully saturated rings. The number of hydrogen-bond acceptors (Lipinski definition) is 4. The summed E-state index contributed by atoms with van der Waals surface area (Å²) in [6, 6.07) is 0. The molecule has 0 aliphatic heterocycles. The first-order chi connectivity index (χ1) is 3.41. The van der Waals surface area contributed by atoms with Gasteiger partial charge in [-0.1, -0.05) is 0 Å². The van der Waals surface area contributed by atoms with Gasteiger partial charge in [0.1, 0.15) is 0 Å². The first-order valence-corrected chi connectivity index (χ1v) is 3.60. The molecular formula is CH2Cl2CuO4S. The Morgan fingerprint density at radius 3 is 1.22 bits per heavy atom. The maximum absolute atomic E-state index is 8.52. The van der Waals surface area contributed by atoms with Crippen molar-refractivity contribution in [1.82, 2.24) is 0 Å². The molecule has 0 saturated carbocycles. The smallest absolute Gasteiger partial charge is 0.759 e. The number of rotatable bonds is 0. The van der Waals surface area contributed by atoms with Crippen LogP contribution in [-0.2, 0) is 27.5 Å². The van der Waals surface area contributed by atoms with Crippen molar-refractivity contribution in [2.75, 3.05) is 5.34 Å². The van der Waals surface area contributed by atoms with E-state index in [1.165, 1.54) is 0 Å². The summed E-state index contributed by atoms with van der Waals surface area (Å²) >= 11 is 9.53. The van der Waals surface area contributed by atoms with Crippen molar-refractivity contribution in [3.05, 3.63) is 0 Å². The molecule has 0 amide bonds. The second kappa shape index (κ2) is 8.97. The predicted molar refractivity (Wildman–Crippen MR) is 27.0 cm³/mol. The zero-order valence-corrected chi connectivity index (χ0v) is 7.08. The van der Waals surface area contributed by atoms with Crippen LogP contribution < -0.4 is 0 Å². The Morgan fingerprint density at radius 2 is 1.22 bits per heavy atom. The molecular weight excluding hydrogens is 243 g/mol. The van der Waals surface area contributed by atoms with Gasteiger partial charge in [0.2, 0.25) is 0 Å². The van der Waals surface area contributed by atoms with Crippen LogP contribution in [0.4, 0.5) is 0 Å². The summed E-state index contributed by atoms with van der Waals surface area (Å²) in [6.07, 6.45) is 0. The molecule has 4 nitrogen and oxygen atoms in total. The largest absolute Gasteiger partial charge is 2.00 e. The van der Waals surface area contributed by atoms with E-state index in [9.17, 15) is 0 Å². The third kappa shape index (κ3) is 464. The monoisotopic (exact) mass is 243 g/mol. The molecule has 0 unspecified atom stereocenters. The van der Waals surface area contributed by atoms with E-state index in [0.29, 0.717) is 0 Å². The van der Waals surface area contributed by atoms with Crippen molar-refractivity contribution in [1.29, 1.82) is 0 Å². The second-order valence-electron chi connectivity index (χ2n) is 0.509. The van der Waals surface area contributed by atoms with E-state index in [4.69, 9.17) is 40.7 Å². The van der Waals surface area contributed by atoms with Crippen LogP contribution in [0.5, 0.6) is 0 Å². The van der Waals surface area contributed by atoms with Crippen molar-refractivity contribution in [3.8, 4) is 0 Å². The fourth-order valence-electron chi connectivity index (χ4n) is 0. The van der Waals surface area contributed by atoms with Gasteiger partial charge in [0.05, 0.1) is 5.34 Å². The van der Waals surface area contributed by atoms with E-state index < -0.39 is 10.4 Å². The predicted octanol–water partition coefficient (Wildman–Crippen LogP) is 0.0810. The Kier molecular flexibility index (Phi) is 16.5. The van der Waals surface area contributed by atoms with Gasteiger partial charge in [-0.05, 0) is 0 Å². The summed E-state index contributed by atoms with van der Waals surface area (Å²) in [6.45, 7) is 0. The van der Waals surface area contributed by atoms with Crippen LogP contribution in [0.3, 0.4) is 0 Å². The summed E-state index contributed by atoms with van der Waals surface area (Å²) in [5.74, 6) is 0. The van der Waals surface area contributed by atoms with Crippen molar-refractivity contribution in [2.45, 2.75) is 0 Å². The molecule has 8 heteroatoms. The number of alkyl halides is 2. The Balaban J connectivity index is -0.0000000800. The minimum Gasteiger partial charge on any atom is -0.759 e. The molecule has 0 N–H and O–H groups in total. The molecule has 0 saturated heterocycles. The van der Waals surface area contributed by atoms with Crippen LogP contribution in [0.1, 0.15) is 0 Å². The normalized spacial score (nSPS) is 8.44. The van der Waals surface area contributed by atoms with Crippen LogP contribution in [0.2, 0.25) is 0 Å². The molecule has 0 spiro atoms. The first-order valence-electron chi connectivity index (χ1n) is 1.20. The van der Waals surface area contributed by atoms with Crippen molar-refractivity contribution in [2.24, 2.45) is 0 Å². The average molecular weight is 245 g/mol. The molecule has 0 aliphatic rings. The molecule has 1 radical (unpaired) electrons. The van der Waals surface area contributed by atoms with E-state index in [-0.39, 0.29) is 22.4 Å². The van der Waals surface area contributed by atoms with Crippen LogP contribution in [0, 0.1) is 0 Å². The minimum atomic E-state index is -5.17. The molecule has 9 heavy (non-hydrogen) atoms. The Hall–Kier alpha value is 0.969. The molecule has 61 valence electrons. The molecule has 0 atom stereocenters. The molecule has 0 aromatic carbocycles. The maximum Gasteiger partial charge on any atom is 2.00 e. The summed E-state index contributed by atoms with van der Waals surface area (Å²) in [5.41, 5.74) is 0. The van der Waals surface area contributed by atoms with Gasteiger partial charge in [-0.2, -0.15) is 0 Å². The Labute approximate surface area is 73.6 Å². The third-order valence-electron chi connectivity index (χ3n) is 0.